The van der Waals surface area contributed by atoms with Crippen molar-refractivity contribution in [2.75, 3.05) is 25.2 Å². The van der Waals surface area contributed by atoms with E-state index in [1.54, 1.807) is 34.8 Å². The molecule has 0 atom stereocenters. The number of aromatic nitrogens is 2. The average molecular weight is 448 g/mol. The van der Waals surface area contributed by atoms with Gasteiger partial charge in [0, 0.05) is 6.54 Å². The zero-order valence-electron chi connectivity index (χ0n) is 16.2. The molecule has 4 rings (SSSR count). The van der Waals surface area contributed by atoms with Gasteiger partial charge in [0.05, 0.1) is 28.1 Å². The van der Waals surface area contributed by atoms with Gasteiger partial charge in [-0.1, -0.05) is 11.8 Å². The molecule has 0 aliphatic carbocycles. The van der Waals surface area contributed by atoms with Crippen LogP contribution in [0.25, 0.3) is 15.9 Å². The first-order valence-electron chi connectivity index (χ1n) is 9.37. The Morgan fingerprint density at radius 1 is 1.34 bits per heavy atom. The van der Waals surface area contributed by atoms with Gasteiger partial charge in [0.2, 0.25) is 5.91 Å². The molecule has 9 heteroatoms. The zero-order chi connectivity index (χ0) is 20.4. The molecule has 1 N–H and O–H groups in total. The molecule has 6 nitrogen and oxygen atoms in total. The number of amides is 1. The number of thioether (sulfide) groups is 2. The van der Waals surface area contributed by atoms with Crippen LogP contribution in [-0.4, -0.2) is 40.6 Å². The summed E-state index contributed by atoms with van der Waals surface area (Å²) in [5.41, 5.74) is 1.77. The van der Waals surface area contributed by atoms with Crippen molar-refractivity contribution in [3.8, 4) is 11.4 Å². The third-order valence-corrected chi connectivity index (χ3v) is 8.06. The molecular formula is C20H21N3O3S3. The third kappa shape index (κ3) is 4.04. The number of carbonyl (C=O) groups excluding carboxylic acids is 1. The van der Waals surface area contributed by atoms with E-state index in [1.807, 2.05) is 31.2 Å². The molecule has 0 unspecified atom stereocenters. The monoisotopic (exact) mass is 447 g/mol. The van der Waals surface area contributed by atoms with Crippen LogP contribution in [0.4, 0.5) is 0 Å². The largest absolute Gasteiger partial charge is 0.497 e. The number of methoxy groups -OCH3 is 1. The molecule has 0 bridgehead atoms. The number of nitrogens with zero attached hydrogens (tertiary/aromatic N) is 2. The normalized spacial score (nSPS) is 13.3. The molecule has 0 spiro atoms. The summed E-state index contributed by atoms with van der Waals surface area (Å²) in [5, 5.41) is 4.04. The summed E-state index contributed by atoms with van der Waals surface area (Å²) in [6.07, 6.45) is 1.98. The van der Waals surface area contributed by atoms with Gasteiger partial charge in [-0.05, 0) is 55.3 Å². The fourth-order valence-electron chi connectivity index (χ4n) is 3.26. The Bertz CT molecular complexity index is 1110. The summed E-state index contributed by atoms with van der Waals surface area (Å²) in [4.78, 5) is 31.1. The van der Waals surface area contributed by atoms with Crippen LogP contribution in [0, 0.1) is 0 Å². The lowest BCUT2D eigenvalue weighted by molar-refractivity contribution is -0.118. The maximum Gasteiger partial charge on any atom is 0.267 e. The van der Waals surface area contributed by atoms with E-state index in [0.717, 1.165) is 40.1 Å². The summed E-state index contributed by atoms with van der Waals surface area (Å²) in [5.74, 6) is 1.93. The summed E-state index contributed by atoms with van der Waals surface area (Å²) >= 11 is 4.67. The van der Waals surface area contributed by atoms with Gasteiger partial charge in [0.1, 0.15) is 10.6 Å². The molecule has 2 aromatic heterocycles. The van der Waals surface area contributed by atoms with Crippen LogP contribution >= 0.6 is 34.9 Å². The number of nitrogens with one attached hydrogen (secondary N) is 1. The molecule has 1 aliphatic heterocycles. The fraction of sp³-hybridized carbons (Fsp3) is 0.350. The molecule has 152 valence electrons. The van der Waals surface area contributed by atoms with Crippen LogP contribution in [0.2, 0.25) is 0 Å². The van der Waals surface area contributed by atoms with E-state index >= 15 is 0 Å². The second kappa shape index (κ2) is 8.81. The Morgan fingerprint density at radius 3 is 2.86 bits per heavy atom. The molecular weight excluding hydrogens is 426 g/mol. The van der Waals surface area contributed by atoms with Crippen molar-refractivity contribution in [2.24, 2.45) is 0 Å². The van der Waals surface area contributed by atoms with Gasteiger partial charge in [-0.3, -0.25) is 14.2 Å². The molecule has 0 fully saturated rings. The number of hydrogen-bond donors (Lipinski definition) is 1. The number of rotatable bonds is 6. The Morgan fingerprint density at radius 2 is 2.14 bits per heavy atom. The second-order valence-corrected chi connectivity index (χ2v) is 9.78. The molecule has 3 heterocycles. The number of hydrogen-bond acceptors (Lipinski definition) is 7. The summed E-state index contributed by atoms with van der Waals surface area (Å²) in [6, 6.07) is 7.33. The Hall–Kier alpha value is -1.97. The minimum absolute atomic E-state index is 0.0708. The van der Waals surface area contributed by atoms with Crippen molar-refractivity contribution in [2.45, 2.75) is 29.1 Å². The standard InChI is InChI=1S/C20H21N3O3S3/c1-3-21-15(24)11-28-20-22-17-16(14-5-4-10-27-19(14)29-17)18(25)23(20)12-6-8-13(26-2)9-7-12/h6-9H,3-5,10-11H2,1-2H3,(H,21,24). The van der Waals surface area contributed by atoms with Crippen LogP contribution < -0.4 is 15.6 Å². The topological polar surface area (TPSA) is 73.2 Å². The highest BCUT2D eigenvalue weighted by atomic mass is 32.2. The van der Waals surface area contributed by atoms with Gasteiger partial charge in [0.15, 0.2) is 5.16 Å². The van der Waals surface area contributed by atoms with E-state index in [4.69, 9.17) is 9.72 Å². The lowest BCUT2D eigenvalue weighted by Crippen LogP contribution is -2.26. The van der Waals surface area contributed by atoms with Gasteiger partial charge in [0.25, 0.3) is 5.56 Å². The highest BCUT2D eigenvalue weighted by Crippen LogP contribution is 2.41. The second-order valence-electron chi connectivity index (χ2n) is 6.48. The van der Waals surface area contributed by atoms with E-state index in [0.29, 0.717) is 17.4 Å². The fourth-order valence-corrected chi connectivity index (χ4v) is 6.67. The minimum Gasteiger partial charge on any atom is -0.497 e. The van der Waals surface area contributed by atoms with Crippen LogP contribution in [0.5, 0.6) is 5.75 Å². The lowest BCUT2D eigenvalue weighted by atomic mass is 10.1. The average Bonchev–Trinajstić information content (AvgIpc) is 3.11. The molecule has 1 aliphatic rings. The van der Waals surface area contributed by atoms with Crippen molar-refractivity contribution in [3.63, 3.8) is 0 Å². The maximum absolute atomic E-state index is 13.6. The number of thiophene rings is 1. The molecule has 29 heavy (non-hydrogen) atoms. The summed E-state index contributed by atoms with van der Waals surface area (Å²) in [7, 11) is 1.61. The number of aryl methyl sites for hydroxylation is 1. The SMILES string of the molecule is CCNC(=O)CSc1nc2sc3c(c2c(=O)n1-c1ccc(OC)cc1)CCCS3. The lowest BCUT2D eigenvalue weighted by Gasteiger charge is -2.14. The highest BCUT2D eigenvalue weighted by Gasteiger charge is 2.23. The van der Waals surface area contributed by atoms with Gasteiger partial charge in [-0.15, -0.1) is 23.1 Å². The first-order chi connectivity index (χ1) is 14.1. The number of carbonyl (C=O) groups is 1. The Labute approximate surface area is 181 Å². The van der Waals surface area contributed by atoms with E-state index < -0.39 is 0 Å². The predicted octanol–water partition coefficient (Wildman–Crippen LogP) is 3.72. The van der Waals surface area contributed by atoms with E-state index in [1.165, 1.54) is 16.0 Å². The van der Waals surface area contributed by atoms with Crippen molar-refractivity contribution >= 4 is 51.0 Å². The van der Waals surface area contributed by atoms with Crippen LogP contribution in [0.1, 0.15) is 18.9 Å². The summed E-state index contributed by atoms with van der Waals surface area (Å²) < 4.78 is 8.06. The quantitative estimate of drug-likeness (QED) is 0.459. The number of ether oxygens (including phenoxy) is 1. The first-order valence-corrected chi connectivity index (χ1v) is 12.2. The first kappa shape index (κ1) is 20.3. The Balaban J connectivity index is 1.86. The van der Waals surface area contributed by atoms with Crippen molar-refractivity contribution < 1.29 is 9.53 Å². The molecule has 1 amide bonds. The van der Waals surface area contributed by atoms with Gasteiger partial charge in [-0.2, -0.15) is 0 Å². The van der Waals surface area contributed by atoms with Gasteiger partial charge in [-0.25, -0.2) is 4.98 Å². The Kier molecular flexibility index (Phi) is 6.17. The van der Waals surface area contributed by atoms with E-state index in [-0.39, 0.29) is 17.2 Å². The number of fused-ring (bicyclic) bond motifs is 3. The molecule has 0 saturated heterocycles. The molecule has 0 radical (unpaired) electrons. The van der Waals surface area contributed by atoms with Crippen molar-refractivity contribution in [1.82, 2.24) is 14.9 Å². The van der Waals surface area contributed by atoms with Crippen molar-refractivity contribution in [1.29, 1.82) is 0 Å². The molecule has 3 aromatic rings. The van der Waals surface area contributed by atoms with Gasteiger partial charge >= 0.3 is 0 Å². The summed E-state index contributed by atoms with van der Waals surface area (Å²) in [6.45, 7) is 2.46. The zero-order valence-corrected chi connectivity index (χ0v) is 18.6. The van der Waals surface area contributed by atoms with Crippen molar-refractivity contribution in [3.05, 3.63) is 40.2 Å². The van der Waals surface area contributed by atoms with Crippen LogP contribution in [-0.2, 0) is 11.2 Å². The number of benzene rings is 1. The van der Waals surface area contributed by atoms with Crippen LogP contribution in [0.15, 0.2) is 38.4 Å². The maximum atomic E-state index is 13.6. The van der Waals surface area contributed by atoms with Gasteiger partial charge < -0.3 is 10.1 Å². The molecule has 1 aromatic carbocycles. The minimum atomic E-state index is -0.0749. The van der Waals surface area contributed by atoms with E-state index in [2.05, 4.69) is 5.32 Å². The van der Waals surface area contributed by atoms with E-state index in [9.17, 15) is 9.59 Å². The highest BCUT2D eigenvalue weighted by molar-refractivity contribution is 8.01. The molecule has 0 saturated carbocycles. The third-order valence-electron chi connectivity index (χ3n) is 4.60. The smallest absolute Gasteiger partial charge is 0.267 e. The predicted molar refractivity (Wildman–Crippen MR) is 120 cm³/mol. The van der Waals surface area contributed by atoms with Crippen LogP contribution in [0.3, 0.4) is 0 Å².